The minimum atomic E-state index is -4.15. The SMILES string of the molecule is O=S(=O)(O)NCl.[H-].[Na+]. The van der Waals surface area contributed by atoms with Crippen LogP contribution in [0.4, 0.5) is 0 Å². The fraction of sp³-hybridized carbons (Fsp3) is 0. The van der Waals surface area contributed by atoms with Crippen LogP contribution in [0.2, 0.25) is 0 Å². The number of rotatable bonds is 1. The van der Waals surface area contributed by atoms with E-state index in [-0.39, 0.29) is 31.0 Å². The van der Waals surface area contributed by atoms with Crippen LogP contribution in [0.15, 0.2) is 0 Å². The fourth-order valence-electron chi connectivity index (χ4n) is 0. The van der Waals surface area contributed by atoms with E-state index in [4.69, 9.17) is 4.55 Å². The van der Waals surface area contributed by atoms with E-state index in [1.165, 1.54) is 0 Å². The second kappa shape index (κ2) is 4.08. The van der Waals surface area contributed by atoms with Crippen molar-refractivity contribution in [1.82, 2.24) is 4.24 Å². The molecule has 0 atom stereocenters. The monoisotopic (exact) mass is 155 g/mol. The van der Waals surface area contributed by atoms with E-state index >= 15 is 0 Å². The summed E-state index contributed by atoms with van der Waals surface area (Å²) >= 11 is 4.39. The van der Waals surface area contributed by atoms with Crippen molar-refractivity contribution < 1.29 is 44.0 Å². The van der Waals surface area contributed by atoms with Crippen molar-refractivity contribution >= 4 is 22.1 Å². The third kappa shape index (κ3) is 11.0. The van der Waals surface area contributed by atoms with Gasteiger partial charge in [-0.25, -0.2) is 0 Å². The van der Waals surface area contributed by atoms with E-state index in [9.17, 15) is 8.42 Å². The van der Waals surface area contributed by atoms with Gasteiger partial charge in [-0.05, 0) is 11.8 Å². The van der Waals surface area contributed by atoms with Crippen molar-refractivity contribution in [2.24, 2.45) is 0 Å². The molecule has 2 N–H and O–H groups in total. The zero-order valence-corrected chi connectivity index (χ0v) is 7.12. The van der Waals surface area contributed by atoms with Crippen molar-refractivity contribution in [2.75, 3.05) is 0 Å². The zero-order chi connectivity index (χ0) is 5.21. The van der Waals surface area contributed by atoms with Crippen LogP contribution in [0.1, 0.15) is 1.43 Å². The summed E-state index contributed by atoms with van der Waals surface area (Å²) in [4.78, 5) is 0. The summed E-state index contributed by atoms with van der Waals surface area (Å²) in [7, 11) is -4.15. The summed E-state index contributed by atoms with van der Waals surface area (Å²) in [6, 6.07) is 0. The molecule has 0 aromatic heterocycles. The molecule has 40 valence electrons. The second-order valence-corrected chi connectivity index (χ2v) is 2.12. The molecule has 0 fully saturated rings. The summed E-state index contributed by atoms with van der Waals surface area (Å²) in [6.07, 6.45) is 0. The van der Waals surface area contributed by atoms with Gasteiger partial charge >= 0.3 is 39.9 Å². The van der Waals surface area contributed by atoms with Gasteiger partial charge in [-0.15, -0.1) is 4.24 Å². The van der Waals surface area contributed by atoms with Gasteiger partial charge in [0.2, 0.25) is 0 Å². The molecule has 0 radical (unpaired) electrons. The van der Waals surface area contributed by atoms with Crippen LogP contribution in [0.5, 0.6) is 0 Å². The molecule has 4 nitrogen and oxygen atoms in total. The molecule has 0 bridgehead atoms. The van der Waals surface area contributed by atoms with Gasteiger partial charge in [-0.2, -0.15) is 8.42 Å². The Labute approximate surface area is 70.0 Å². The second-order valence-electron chi connectivity index (χ2n) is 0.552. The third-order valence-electron chi connectivity index (χ3n) is 0.0975. The Balaban J connectivity index is -0.000000125. The minimum absolute atomic E-state index is 0. The molecule has 0 spiro atoms. The van der Waals surface area contributed by atoms with Gasteiger partial charge < -0.3 is 1.43 Å². The minimum Gasteiger partial charge on any atom is -1.00 e. The molecule has 0 saturated heterocycles. The molecule has 7 heteroatoms. The van der Waals surface area contributed by atoms with Crippen LogP contribution in [-0.4, -0.2) is 13.0 Å². The van der Waals surface area contributed by atoms with Gasteiger partial charge in [0.1, 0.15) is 0 Å². The molecule has 0 saturated carbocycles. The summed E-state index contributed by atoms with van der Waals surface area (Å²) < 4.78 is 27.3. The molecule has 0 rings (SSSR count). The molecule has 7 heavy (non-hydrogen) atoms. The molecule has 0 aliphatic heterocycles. The molecule has 0 aliphatic rings. The van der Waals surface area contributed by atoms with E-state index in [0.29, 0.717) is 0 Å². The van der Waals surface area contributed by atoms with Crippen LogP contribution < -0.4 is 33.8 Å². The van der Waals surface area contributed by atoms with Gasteiger partial charge in [0.15, 0.2) is 0 Å². The first-order valence-electron chi connectivity index (χ1n) is 0.909. The van der Waals surface area contributed by atoms with E-state index in [1.54, 1.807) is 0 Å². The van der Waals surface area contributed by atoms with E-state index in [1.807, 2.05) is 0 Å². The van der Waals surface area contributed by atoms with Crippen molar-refractivity contribution in [2.45, 2.75) is 0 Å². The largest absolute Gasteiger partial charge is 1.00 e. The first-order chi connectivity index (χ1) is 2.56. The van der Waals surface area contributed by atoms with E-state index in [0.717, 1.165) is 4.24 Å². The van der Waals surface area contributed by atoms with Gasteiger partial charge in [0.25, 0.3) is 0 Å². The number of halogens is 1. The molecule has 0 heterocycles. The Morgan fingerprint density at radius 1 is 1.71 bits per heavy atom. The van der Waals surface area contributed by atoms with Gasteiger partial charge in [-0.3, -0.25) is 4.55 Å². The van der Waals surface area contributed by atoms with Crippen molar-refractivity contribution in [3.8, 4) is 0 Å². The maximum Gasteiger partial charge on any atom is 1.00 e. The standard InChI is InChI=1S/ClH2NO3S.Na.H/c1-2-6(3,4)5;;/h2H,(H,3,4,5);;/q;+1;-1. The Morgan fingerprint density at radius 3 is 1.86 bits per heavy atom. The first-order valence-corrected chi connectivity index (χ1v) is 2.73. The maximum atomic E-state index is 9.31. The predicted octanol–water partition coefficient (Wildman–Crippen LogP) is -3.35. The Morgan fingerprint density at radius 2 is 1.86 bits per heavy atom. The summed E-state index contributed by atoms with van der Waals surface area (Å²) in [5, 5.41) is 0. The zero-order valence-electron chi connectivity index (χ0n) is 4.55. The number of nitrogens with one attached hydrogen (secondary N) is 1. The van der Waals surface area contributed by atoms with Crippen LogP contribution in [0.25, 0.3) is 0 Å². The topological polar surface area (TPSA) is 66.4 Å². The Hall–Kier alpha value is 1.16. The number of hydrogen-bond donors (Lipinski definition) is 2. The molecule has 0 amide bonds. The van der Waals surface area contributed by atoms with Crippen molar-refractivity contribution in [3.63, 3.8) is 0 Å². The van der Waals surface area contributed by atoms with Crippen LogP contribution in [0.3, 0.4) is 0 Å². The number of hydrogen-bond acceptors (Lipinski definition) is 2. The fourth-order valence-corrected chi connectivity index (χ4v) is 0. The molecule has 0 aromatic rings. The molecule has 0 aliphatic carbocycles. The molecular formula is H3ClNNaO3S. The summed E-state index contributed by atoms with van der Waals surface area (Å²) in [5.41, 5.74) is 0. The van der Waals surface area contributed by atoms with Crippen molar-refractivity contribution in [3.05, 3.63) is 0 Å². The van der Waals surface area contributed by atoms with Crippen molar-refractivity contribution in [1.29, 1.82) is 0 Å². The normalized spacial score (nSPS) is 10.0. The quantitative estimate of drug-likeness (QED) is 0.236. The van der Waals surface area contributed by atoms with Gasteiger partial charge in [0, 0.05) is 0 Å². The summed E-state index contributed by atoms with van der Waals surface area (Å²) in [5.74, 6) is 0. The maximum absolute atomic E-state index is 9.31. The molecular weight excluding hydrogens is 153 g/mol. The van der Waals surface area contributed by atoms with Gasteiger partial charge in [-0.1, -0.05) is 0 Å². The molecule has 0 unspecified atom stereocenters. The Bertz CT molecular complexity index is 121. The Kier molecular flexibility index (Phi) is 6.43. The van der Waals surface area contributed by atoms with E-state index < -0.39 is 10.3 Å². The van der Waals surface area contributed by atoms with Crippen LogP contribution >= 0.6 is 11.8 Å². The summed E-state index contributed by atoms with van der Waals surface area (Å²) in [6.45, 7) is 0. The third-order valence-corrected chi connectivity index (χ3v) is 0.877. The average molecular weight is 156 g/mol. The predicted molar refractivity (Wildman–Crippen MR) is 21.6 cm³/mol. The van der Waals surface area contributed by atoms with Gasteiger partial charge in [0.05, 0.1) is 0 Å². The smallest absolute Gasteiger partial charge is 1.00 e. The van der Waals surface area contributed by atoms with E-state index in [2.05, 4.69) is 11.8 Å². The van der Waals surface area contributed by atoms with Crippen LogP contribution in [0, 0.1) is 0 Å². The molecule has 0 aromatic carbocycles. The average Bonchev–Trinajstić information content (AvgIpc) is 1.35. The first kappa shape index (κ1) is 11.0. The van der Waals surface area contributed by atoms with Crippen LogP contribution in [-0.2, 0) is 10.3 Å².